The molecule has 0 saturated carbocycles. The normalized spacial score (nSPS) is 10.3. The Morgan fingerprint density at radius 1 is 1.44 bits per heavy atom. The Hall–Kier alpha value is -1.81. The van der Waals surface area contributed by atoms with Gasteiger partial charge in [-0.1, -0.05) is 23.7 Å². The van der Waals surface area contributed by atoms with E-state index in [1.54, 1.807) is 24.3 Å². The molecular weight excluding hydrogens is 254 g/mol. The minimum Gasteiger partial charge on any atom is -0.469 e. The summed E-state index contributed by atoms with van der Waals surface area (Å²) in [6.07, 6.45) is 3.20. The van der Waals surface area contributed by atoms with Crippen LogP contribution in [0, 0.1) is 0 Å². The van der Waals surface area contributed by atoms with Gasteiger partial charge in [-0.05, 0) is 23.8 Å². The van der Waals surface area contributed by atoms with Gasteiger partial charge in [0.1, 0.15) is 0 Å². The number of nitrogens with one attached hydrogen (secondary N) is 1. The monoisotopic (exact) mass is 267 g/mol. The van der Waals surface area contributed by atoms with Crippen molar-refractivity contribution in [3.63, 3.8) is 0 Å². The minimum atomic E-state index is -0.353. The maximum absolute atomic E-state index is 11.4. The predicted molar refractivity (Wildman–Crippen MR) is 70.1 cm³/mol. The summed E-state index contributed by atoms with van der Waals surface area (Å²) < 4.78 is 4.45. The summed E-state index contributed by atoms with van der Waals surface area (Å²) in [5, 5.41) is 3.19. The van der Waals surface area contributed by atoms with Crippen molar-refractivity contribution in [3.8, 4) is 0 Å². The van der Waals surface area contributed by atoms with Gasteiger partial charge >= 0.3 is 5.97 Å². The molecule has 1 aromatic carbocycles. The lowest BCUT2D eigenvalue weighted by molar-refractivity contribution is -0.140. The second-order valence-electron chi connectivity index (χ2n) is 3.51. The van der Waals surface area contributed by atoms with Crippen molar-refractivity contribution in [1.82, 2.24) is 5.32 Å². The molecule has 0 aliphatic carbocycles. The van der Waals surface area contributed by atoms with Crippen LogP contribution in [-0.2, 0) is 14.3 Å². The lowest BCUT2D eigenvalue weighted by Crippen LogP contribution is -2.24. The van der Waals surface area contributed by atoms with Gasteiger partial charge in [0.25, 0.3) is 0 Å². The number of benzene rings is 1. The van der Waals surface area contributed by atoms with Gasteiger partial charge in [0.2, 0.25) is 5.91 Å². The topological polar surface area (TPSA) is 55.4 Å². The Kier molecular flexibility index (Phi) is 5.94. The number of carbonyl (C=O) groups excluding carboxylic acids is 2. The van der Waals surface area contributed by atoms with Crippen LogP contribution in [0.3, 0.4) is 0 Å². The molecule has 0 radical (unpaired) electrons. The molecule has 96 valence electrons. The van der Waals surface area contributed by atoms with Crippen LogP contribution in [-0.4, -0.2) is 25.5 Å². The molecule has 1 N–H and O–H groups in total. The van der Waals surface area contributed by atoms with E-state index in [9.17, 15) is 9.59 Å². The largest absolute Gasteiger partial charge is 0.469 e. The van der Waals surface area contributed by atoms with Gasteiger partial charge in [-0.2, -0.15) is 0 Å². The third-order valence-electron chi connectivity index (χ3n) is 2.13. The Morgan fingerprint density at radius 2 is 2.22 bits per heavy atom. The predicted octanol–water partition coefficient (Wildman–Crippen LogP) is 2.03. The van der Waals surface area contributed by atoms with Crippen LogP contribution in [0.25, 0.3) is 6.08 Å². The van der Waals surface area contributed by atoms with Crippen LogP contribution in [0.2, 0.25) is 5.02 Å². The summed E-state index contributed by atoms with van der Waals surface area (Å²) in [5.74, 6) is -0.618. The van der Waals surface area contributed by atoms with E-state index in [0.29, 0.717) is 5.02 Å². The number of halogens is 1. The van der Waals surface area contributed by atoms with Gasteiger partial charge in [0, 0.05) is 17.6 Å². The number of ether oxygens (including phenoxy) is 1. The van der Waals surface area contributed by atoms with Crippen LogP contribution in [0.15, 0.2) is 30.3 Å². The van der Waals surface area contributed by atoms with E-state index in [0.717, 1.165) is 5.56 Å². The molecule has 1 rings (SSSR count). The van der Waals surface area contributed by atoms with E-state index in [1.807, 2.05) is 6.07 Å². The molecule has 0 bridgehead atoms. The van der Waals surface area contributed by atoms with Crippen molar-refractivity contribution >= 4 is 29.6 Å². The van der Waals surface area contributed by atoms with E-state index in [2.05, 4.69) is 10.1 Å². The first kappa shape index (κ1) is 14.3. The van der Waals surface area contributed by atoms with E-state index >= 15 is 0 Å². The van der Waals surface area contributed by atoms with Crippen LogP contribution in [0.4, 0.5) is 0 Å². The fraction of sp³-hybridized carbons (Fsp3) is 0.231. The van der Waals surface area contributed by atoms with Crippen LogP contribution in [0.1, 0.15) is 12.0 Å². The summed E-state index contributed by atoms with van der Waals surface area (Å²) in [4.78, 5) is 22.2. The highest BCUT2D eigenvalue weighted by atomic mass is 35.5. The van der Waals surface area contributed by atoms with Crippen molar-refractivity contribution in [3.05, 3.63) is 40.9 Å². The van der Waals surface area contributed by atoms with Crippen molar-refractivity contribution in [1.29, 1.82) is 0 Å². The summed E-state index contributed by atoms with van der Waals surface area (Å²) in [6, 6.07) is 7.15. The van der Waals surface area contributed by atoms with E-state index < -0.39 is 0 Å². The molecule has 18 heavy (non-hydrogen) atoms. The molecule has 0 aromatic heterocycles. The first-order valence-corrected chi connectivity index (χ1v) is 5.78. The summed E-state index contributed by atoms with van der Waals surface area (Å²) >= 11 is 5.81. The molecule has 0 heterocycles. The molecule has 5 heteroatoms. The third-order valence-corrected chi connectivity index (χ3v) is 2.37. The number of amides is 1. The Bertz CT molecular complexity index is 457. The van der Waals surface area contributed by atoms with Gasteiger partial charge < -0.3 is 10.1 Å². The second kappa shape index (κ2) is 7.50. The first-order chi connectivity index (χ1) is 8.61. The second-order valence-corrected chi connectivity index (χ2v) is 3.94. The smallest absolute Gasteiger partial charge is 0.307 e. The van der Waals surface area contributed by atoms with Crippen molar-refractivity contribution in [2.45, 2.75) is 6.42 Å². The zero-order valence-corrected chi connectivity index (χ0v) is 10.7. The quantitative estimate of drug-likeness (QED) is 0.656. The van der Waals surface area contributed by atoms with Crippen molar-refractivity contribution in [2.75, 3.05) is 13.7 Å². The molecule has 0 fully saturated rings. The Labute approximate surface area is 111 Å². The molecule has 0 atom stereocenters. The molecule has 0 aliphatic heterocycles. The van der Waals surface area contributed by atoms with Crippen LogP contribution in [0.5, 0.6) is 0 Å². The number of carbonyl (C=O) groups is 2. The third kappa shape index (κ3) is 5.50. The highest BCUT2D eigenvalue weighted by molar-refractivity contribution is 6.30. The SMILES string of the molecule is COC(=O)CCNC(=O)C=Cc1cccc(Cl)c1. The summed E-state index contributed by atoms with van der Waals surface area (Å²) in [7, 11) is 1.31. The Morgan fingerprint density at radius 3 is 2.89 bits per heavy atom. The molecule has 0 saturated heterocycles. The van der Waals surface area contributed by atoms with Crippen molar-refractivity contribution < 1.29 is 14.3 Å². The van der Waals surface area contributed by atoms with Crippen LogP contribution >= 0.6 is 11.6 Å². The number of esters is 1. The van der Waals surface area contributed by atoms with Gasteiger partial charge in [0.15, 0.2) is 0 Å². The highest BCUT2D eigenvalue weighted by Crippen LogP contribution is 2.11. The van der Waals surface area contributed by atoms with Gasteiger partial charge in [-0.3, -0.25) is 9.59 Å². The van der Waals surface area contributed by atoms with E-state index in [4.69, 9.17) is 11.6 Å². The zero-order valence-electron chi connectivity index (χ0n) is 9.98. The lowest BCUT2D eigenvalue weighted by atomic mass is 10.2. The average molecular weight is 268 g/mol. The summed E-state index contributed by atoms with van der Waals surface area (Å²) in [6.45, 7) is 0.255. The molecule has 0 spiro atoms. The van der Waals surface area contributed by atoms with Gasteiger partial charge in [-0.25, -0.2) is 0 Å². The van der Waals surface area contributed by atoms with Crippen LogP contribution < -0.4 is 5.32 Å². The fourth-order valence-electron chi connectivity index (χ4n) is 1.23. The molecule has 4 nitrogen and oxygen atoms in total. The number of rotatable bonds is 5. The number of hydrogen-bond donors (Lipinski definition) is 1. The molecule has 0 unspecified atom stereocenters. The molecule has 1 amide bonds. The number of hydrogen-bond acceptors (Lipinski definition) is 3. The molecule has 1 aromatic rings. The zero-order chi connectivity index (χ0) is 13.4. The lowest BCUT2D eigenvalue weighted by Gasteiger charge is -2.00. The van der Waals surface area contributed by atoms with E-state index in [-0.39, 0.29) is 24.8 Å². The van der Waals surface area contributed by atoms with E-state index in [1.165, 1.54) is 13.2 Å². The van der Waals surface area contributed by atoms with Crippen molar-refractivity contribution in [2.24, 2.45) is 0 Å². The van der Waals surface area contributed by atoms with Gasteiger partial charge in [-0.15, -0.1) is 0 Å². The molecule has 0 aliphatic rings. The summed E-state index contributed by atoms with van der Waals surface area (Å²) in [5.41, 5.74) is 0.839. The minimum absolute atomic E-state index is 0.160. The molecular formula is C13H14ClNO3. The maximum Gasteiger partial charge on any atom is 0.307 e. The average Bonchev–Trinajstić information content (AvgIpc) is 2.36. The Balaban J connectivity index is 2.38. The first-order valence-electron chi connectivity index (χ1n) is 5.40. The fourth-order valence-corrected chi connectivity index (χ4v) is 1.43. The highest BCUT2D eigenvalue weighted by Gasteiger charge is 2.00. The maximum atomic E-state index is 11.4. The van der Waals surface area contributed by atoms with Gasteiger partial charge in [0.05, 0.1) is 13.5 Å². The number of methoxy groups -OCH3 is 1. The standard InChI is InChI=1S/C13H14ClNO3/c1-18-13(17)7-8-15-12(16)6-5-10-3-2-4-11(14)9-10/h2-6,9H,7-8H2,1H3,(H,15,16).